The Kier molecular flexibility index (Phi) is 7.72. The maximum atomic E-state index is 12.5. The van der Waals surface area contributed by atoms with Crippen LogP contribution in [0.2, 0.25) is 0 Å². The Bertz CT molecular complexity index is 633. The lowest BCUT2D eigenvalue weighted by atomic mass is 10.1. The predicted molar refractivity (Wildman–Crippen MR) is 99.6 cm³/mol. The molecule has 8 heteroatoms. The molecule has 1 saturated heterocycles. The Morgan fingerprint density at radius 1 is 1.19 bits per heavy atom. The van der Waals surface area contributed by atoms with E-state index < -0.39 is 0 Å². The molecule has 1 aliphatic heterocycles. The summed E-state index contributed by atoms with van der Waals surface area (Å²) >= 11 is 0. The van der Waals surface area contributed by atoms with E-state index in [1.165, 1.54) is 21.3 Å². The summed E-state index contributed by atoms with van der Waals surface area (Å²) in [4.78, 5) is 26.7. The number of benzene rings is 1. The van der Waals surface area contributed by atoms with Gasteiger partial charge in [0.15, 0.2) is 11.5 Å². The minimum absolute atomic E-state index is 0.0725. The van der Waals surface area contributed by atoms with Crippen LogP contribution in [-0.4, -0.2) is 70.9 Å². The van der Waals surface area contributed by atoms with E-state index in [9.17, 15) is 9.59 Å². The molecule has 1 fully saturated rings. The van der Waals surface area contributed by atoms with Crippen LogP contribution in [0.5, 0.6) is 17.2 Å². The topological polar surface area (TPSA) is 86.3 Å². The van der Waals surface area contributed by atoms with Gasteiger partial charge in [-0.2, -0.15) is 0 Å². The van der Waals surface area contributed by atoms with Gasteiger partial charge in [0, 0.05) is 31.2 Å². The minimum atomic E-state index is -0.386. The number of nitrogens with one attached hydrogen (secondary N) is 1. The first-order chi connectivity index (χ1) is 13.0. The molecule has 2 amide bonds. The molecular weight excluding hydrogens is 352 g/mol. The zero-order chi connectivity index (χ0) is 19.8. The van der Waals surface area contributed by atoms with Crippen LogP contribution >= 0.6 is 0 Å². The van der Waals surface area contributed by atoms with Crippen LogP contribution < -0.4 is 19.5 Å². The summed E-state index contributed by atoms with van der Waals surface area (Å²) in [7, 11) is 4.45. The number of amides is 2. The molecule has 8 nitrogen and oxygen atoms in total. The number of carbonyl (C=O) groups excluding carboxylic acids is 2. The van der Waals surface area contributed by atoms with Crippen LogP contribution in [0.15, 0.2) is 12.1 Å². The van der Waals surface area contributed by atoms with Crippen molar-refractivity contribution in [1.82, 2.24) is 10.2 Å². The van der Waals surface area contributed by atoms with E-state index in [0.717, 1.165) is 13.0 Å². The van der Waals surface area contributed by atoms with Gasteiger partial charge in [0.2, 0.25) is 11.7 Å². The third kappa shape index (κ3) is 5.26. The molecule has 0 bridgehead atoms. The van der Waals surface area contributed by atoms with Gasteiger partial charge in [0.1, 0.15) is 0 Å². The second-order valence-corrected chi connectivity index (χ2v) is 6.26. The maximum absolute atomic E-state index is 12.5. The number of methoxy groups -OCH3 is 3. The van der Waals surface area contributed by atoms with Gasteiger partial charge in [0.25, 0.3) is 5.91 Å². The highest BCUT2D eigenvalue weighted by atomic mass is 16.5. The average Bonchev–Trinajstić information content (AvgIpc) is 3.21. The van der Waals surface area contributed by atoms with Crippen LogP contribution in [0.25, 0.3) is 0 Å². The number of nitrogens with zero attached hydrogens (tertiary/aromatic N) is 1. The lowest BCUT2D eigenvalue weighted by Gasteiger charge is -2.24. The van der Waals surface area contributed by atoms with E-state index in [4.69, 9.17) is 18.9 Å². The standard InChI is InChI=1S/C19H28N2O6/c1-5-21(11-13-6-7-27-12-13)17(22)10-20-19(23)14-8-15(24-2)18(26-4)16(9-14)25-3/h8-9,13H,5-7,10-12H2,1-4H3,(H,20,23). The van der Waals surface area contributed by atoms with Gasteiger partial charge in [0.05, 0.1) is 34.5 Å². The summed E-state index contributed by atoms with van der Waals surface area (Å²) in [6, 6.07) is 3.10. The van der Waals surface area contributed by atoms with E-state index in [1.807, 2.05) is 6.92 Å². The van der Waals surface area contributed by atoms with E-state index in [-0.39, 0.29) is 18.4 Å². The normalized spacial score (nSPS) is 15.9. The second kappa shape index (κ2) is 10.0. The molecule has 1 heterocycles. The highest BCUT2D eigenvalue weighted by Crippen LogP contribution is 2.38. The van der Waals surface area contributed by atoms with Gasteiger partial charge in [-0.1, -0.05) is 0 Å². The van der Waals surface area contributed by atoms with E-state index in [1.54, 1.807) is 17.0 Å². The fourth-order valence-electron chi connectivity index (χ4n) is 3.03. The van der Waals surface area contributed by atoms with Crippen molar-refractivity contribution in [1.29, 1.82) is 0 Å². The quantitative estimate of drug-likeness (QED) is 0.696. The van der Waals surface area contributed by atoms with Crippen LogP contribution in [0.1, 0.15) is 23.7 Å². The van der Waals surface area contributed by atoms with Crippen molar-refractivity contribution in [2.45, 2.75) is 13.3 Å². The smallest absolute Gasteiger partial charge is 0.251 e. The number of likely N-dealkylation sites (N-methyl/N-ethyl adjacent to an activating group) is 1. The molecule has 1 unspecified atom stereocenters. The van der Waals surface area contributed by atoms with Gasteiger partial charge in [-0.3, -0.25) is 9.59 Å². The molecule has 1 atom stereocenters. The van der Waals surface area contributed by atoms with Crippen molar-refractivity contribution in [2.75, 3.05) is 54.2 Å². The first kappa shape index (κ1) is 20.8. The van der Waals surface area contributed by atoms with Crippen molar-refractivity contribution >= 4 is 11.8 Å². The van der Waals surface area contributed by atoms with Crippen LogP contribution in [0.3, 0.4) is 0 Å². The Hall–Kier alpha value is -2.48. The Morgan fingerprint density at radius 2 is 1.85 bits per heavy atom. The molecule has 1 aliphatic rings. The highest BCUT2D eigenvalue weighted by molar-refractivity contribution is 5.97. The van der Waals surface area contributed by atoms with Gasteiger partial charge in [-0.05, 0) is 25.5 Å². The van der Waals surface area contributed by atoms with E-state index in [0.29, 0.717) is 48.4 Å². The average molecular weight is 380 g/mol. The van der Waals surface area contributed by atoms with Crippen molar-refractivity contribution in [2.24, 2.45) is 5.92 Å². The first-order valence-electron chi connectivity index (χ1n) is 8.97. The molecule has 1 aromatic carbocycles. The van der Waals surface area contributed by atoms with E-state index >= 15 is 0 Å². The molecule has 1 N–H and O–H groups in total. The minimum Gasteiger partial charge on any atom is -0.493 e. The summed E-state index contributed by atoms with van der Waals surface area (Å²) in [5.41, 5.74) is 0.324. The molecule has 150 valence electrons. The number of hydrogen-bond acceptors (Lipinski definition) is 6. The molecule has 0 aliphatic carbocycles. The fourth-order valence-corrected chi connectivity index (χ4v) is 3.03. The van der Waals surface area contributed by atoms with Crippen LogP contribution in [0, 0.1) is 5.92 Å². The fraction of sp³-hybridized carbons (Fsp3) is 0.579. The largest absolute Gasteiger partial charge is 0.493 e. The summed E-state index contributed by atoms with van der Waals surface area (Å²) in [5, 5.41) is 2.67. The second-order valence-electron chi connectivity index (χ2n) is 6.26. The van der Waals surface area contributed by atoms with Crippen molar-refractivity contribution < 1.29 is 28.5 Å². The van der Waals surface area contributed by atoms with Gasteiger partial charge >= 0.3 is 0 Å². The molecule has 2 rings (SSSR count). The third-order valence-electron chi connectivity index (χ3n) is 4.56. The monoisotopic (exact) mass is 380 g/mol. The zero-order valence-electron chi connectivity index (χ0n) is 16.4. The van der Waals surface area contributed by atoms with Gasteiger partial charge in [-0.15, -0.1) is 0 Å². The third-order valence-corrected chi connectivity index (χ3v) is 4.56. The number of ether oxygens (including phenoxy) is 4. The number of hydrogen-bond donors (Lipinski definition) is 1. The number of carbonyl (C=O) groups is 2. The van der Waals surface area contributed by atoms with Crippen molar-refractivity contribution in [3.8, 4) is 17.2 Å². The first-order valence-corrected chi connectivity index (χ1v) is 8.97. The molecular formula is C19H28N2O6. The van der Waals surface area contributed by atoms with Crippen molar-refractivity contribution in [3.05, 3.63) is 17.7 Å². The lowest BCUT2D eigenvalue weighted by Crippen LogP contribution is -2.42. The Balaban J connectivity index is 2.00. The van der Waals surface area contributed by atoms with Crippen LogP contribution in [-0.2, 0) is 9.53 Å². The zero-order valence-corrected chi connectivity index (χ0v) is 16.4. The summed E-state index contributed by atoms with van der Waals surface area (Å²) < 4.78 is 21.1. The Morgan fingerprint density at radius 3 is 2.33 bits per heavy atom. The molecule has 0 radical (unpaired) electrons. The molecule has 0 aromatic heterocycles. The van der Waals surface area contributed by atoms with Gasteiger partial charge < -0.3 is 29.2 Å². The number of rotatable bonds is 9. The highest BCUT2D eigenvalue weighted by Gasteiger charge is 2.22. The molecule has 0 spiro atoms. The summed E-state index contributed by atoms with van der Waals surface area (Å²) in [6.07, 6.45) is 0.960. The van der Waals surface area contributed by atoms with Crippen molar-refractivity contribution in [3.63, 3.8) is 0 Å². The Labute approximate surface area is 159 Å². The van der Waals surface area contributed by atoms with Crippen LogP contribution in [0.4, 0.5) is 0 Å². The van der Waals surface area contributed by atoms with E-state index in [2.05, 4.69) is 5.32 Å². The summed E-state index contributed by atoms with van der Waals surface area (Å²) in [5.74, 6) is 1.02. The summed E-state index contributed by atoms with van der Waals surface area (Å²) in [6.45, 7) is 4.52. The predicted octanol–water partition coefficient (Wildman–Crippen LogP) is 1.33. The van der Waals surface area contributed by atoms with Gasteiger partial charge in [-0.25, -0.2) is 0 Å². The molecule has 0 saturated carbocycles. The maximum Gasteiger partial charge on any atom is 0.251 e. The molecule has 27 heavy (non-hydrogen) atoms. The lowest BCUT2D eigenvalue weighted by molar-refractivity contribution is -0.130. The SMILES string of the molecule is CCN(CC1CCOC1)C(=O)CNC(=O)c1cc(OC)c(OC)c(OC)c1. The molecule has 1 aromatic rings.